The van der Waals surface area contributed by atoms with E-state index >= 15 is 0 Å². The van der Waals surface area contributed by atoms with Crippen LogP contribution in [-0.4, -0.2) is 31.8 Å². The largest absolute Gasteiger partial charge is 0.464 e. The number of carbonyl (C=O) groups excluding carboxylic acids is 1. The van der Waals surface area contributed by atoms with Crippen LogP contribution in [0.25, 0.3) is 11.3 Å². The first-order valence-electron chi connectivity index (χ1n) is 6.72. The van der Waals surface area contributed by atoms with E-state index in [1.165, 1.54) is 38.5 Å². The number of carbonyl (C=O) groups is 1. The van der Waals surface area contributed by atoms with Crippen molar-refractivity contribution < 1.29 is 23.0 Å². The number of esters is 1. The van der Waals surface area contributed by atoms with E-state index < -0.39 is 18.5 Å². The molecule has 2 rings (SSSR count). The first-order valence-corrected chi connectivity index (χ1v) is 7.47. The number of aromatic nitrogens is 1. The molecule has 0 unspecified atom stereocenters. The van der Waals surface area contributed by atoms with Crippen LogP contribution in [0.3, 0.4) is 0 Å². The number of methoxy groups -OCH3 is 2. The van der Waals surface area contributed by atoms with Crippen LogP contribution in [0.4, 0.5) is 8.78 Å². The number of ether oxygens (including phenoxy) is 2. The van der Waals surface area contributed by atoms with Crippen LogP contribution in [-0.2, 0) is 15.4 Å². The molecule has 0 aliphatic heterocycles. The van der Waals surface area contributed by atoms with Crippen molar-refractivity contribution >= 4 is 29.2 Å². The average Bonchev–Trinajstić information content (AvgIpc) is 2.54. The summed E-state index contributed by atoms with van der Waals surface area (Å²) in [6.07, 6.45) is 0. The van der Waals surface area contributed by atoms with Crippen LogP contribution in [0.2, 0.25) is 10.0 Å². The summed E-state index contributed by atoms with van der Waals surface area (Å²) < 4.78 is 36.8. The summed E-state index contributed by atoms with van der Waals surface area (Å²) in [4.78, 5) is 15.7. The smallest absolute Gasteiger partial charge is 0.358 e. The lowest BCUT2D eigenvalue weighted by molar-refractivity contribution is -0.0697. The molecule has 4 nitrogen and oxygen atoms in total. The molecular weight excluding hydrogens is 363 g/mol. The van der Waals surface area contributed by atoms with Crippen LogP contribution in [0, 0.1) is 0 Å². The molecule has 1 heterocycles. The van der Waals surface area contributed by atoms with Crippen molar-refractivity contribution in [3.05, 3.63) is 51.6 Å². The third-order valence-corrected chi connectivity index (χ3v) is 3.84. The number of nitrogens with zero attached hydrogens (tertiary/aromatic N) is 1. The predicted octanol–water partition coefficient (Wildman–Crippen LogP) is 4.58. The van der Waals surface area contributed by atoms with Crippen molar-refractivity contribution in [1.29, 1.82) is 0 Å². The van der Waals surface area contributed by atoms with Crippen LogP contribution >= 0.6 is 23.2 Å². The number of alkyl halides is 2. The summed E-state index contributed by atoms with van der Waals surface area (Å²) in [5, 5.41) is 0.180. The highest BCUT2D eigenvalue weighted by molar-refractivity contribution is 6.34. The van der Waals surface area contributed by atoms with Gasteiger partial charge in [0.25, 0.3) is 5.92 Å². The van der Waals surface area contributed by atoms with Crippen molar-refractivity contribution in [3.8, 4) is 11.3 Å². The number of halogens is 4. The Morgan fingerprint density at radius 1 is 1.17 bits per heavy atom. The minimum absolute atomic E-state index is 0.0638. The van der Waals surface area contributed by atoms with Gasteiger partial charge >= 0.3 is 5.97 Å². The van der Waals surface area contributed by atoms with Gasteiger partial charge in [-0.3, -0.25) is 0 Å². The minimum atomic E-state index is -3.17. The zero-order valence-corrected chi connectivity index (χ0v) is 14.3. The lowest BCUT2D eigenvalue weighted by Gasteiger charge is -2.17. The topological polar surface area (TPSA) is 48.4 Å². The Morgan fingerprint density at radius 2 is 1.88 bits per heavy atom. The van der Waals surface area contributed by atoms with E-state index in [0.717, 1.165) is 6.07 Å². The van der Waals surface area contributed by atoms with Gasteiger partial charge < -0.3 is 9.47 Å². The number of rotatable bonds is 5. The first kappa shape index (κ1) is 18.6. The Morgan fingerprint density at radius 3 is 2.46 bits per heavy atom. The quantitative estimate of drug-likeness (QED) is 0.717. The Hall–Kier alpha value is -1.76. The van der Waals surface area contributed by atoms with Gasteiger partial charge in [0, 0.05) is 18.2 Å². The maximum Gasteiger partial charge on any atom is 0.358 e. The van der Waals surface area contributed by atoms with Gasteiger partial charge in [-0.2, -0.15) is 8.78 Å². The number of hydrogen-bond acceptors (Lipinski definition) is 4. The first-order chi connectivity index (χ1) is 11.3. The van der Waals surface area contributed by atoms with Crippen LogP contribution in [0.5, 0.6) is 0 Å². The second-order valence-corrected chi connectivity index (χ2v) is 5.66. The molecule has 0 aliphatic rings. The SMILES string of the molecule is COCC(F)(F)c1ccc(-c2ccc(Cl)c(C(=O)OC)n2)c(Cl)c1. The van der Waals surface area contributed by atoms with E-state index in [0.29, 0.717) is 11.3 Å². The van der Waals surface area contributed by atoms with Crippen LogP contribution in [0.15, 0.2) is 30.3 Å². The maximum absolute atomic E-state index is 13.9. The van der Waals surface area contributed by atoms with E-state index in [2.05, 4.69) is 14.5 Å². The van der Waals surface area contributed by atoms with Crippen molar-refractivity contribution in [2.45, 2.75) is 5.92 Å². The lowest BCUT2D eigenvalue weighted by atomic mass is 10.0. The third-order valence-electron chi connectivity index (χ3n) is 3.22. The van der Waals surface area contributed by atoms with Gasteiger partial charge in [-0.05, 0) is 18.2 Å². The second kappa shape index (κ2) is 7.42. The Balaban J connectivity index is 2.45. The lowest BCUT2D eigenvalue weighted by Crippen LogP contribution is -2.20. The van der Waals surface area contributed by atoms with E-state index in [-0.39, 0.29) is 21.3 Å². The van der Waals surface area contributed by atoms with E-state index in [4.69, 9.17) is 23.2 Å². The molecule has 2 aromatic rings. The highest BCUT2D eigenvalue weighted by atomic mass is 35.5. The van der Waals surface area contributed by atoms with Gasteiger partial charge in [0.2, 0.25) is 0 Å². The van der Waals surface area contributed by atoms with Crippen LogP contribution < -0.4 is 0 Å². The normalized spacial score (nSPS) is 11.4. The fraction of sp³-hybridized carbons (Fsp3) is 0.250. The Kier molecular flexibility index (Phi) is 5.74. The summed E-state index contributed by atoms with van der Waals surface area (Å²) >= 11 is 12.0. The number of benzene rings is 1. The maximum atomic E-state index is 13.9. The molecule has 0 radical (unpaired) electrons. The molecule has 0 saturated carbocycles. The molecule has 0 atom stereocenters. The molecule has 1 aromatic heterocycles. The summed E-state index contributed by atoms with van der Waals surface area (Å²) in [6.45, 7) is -0.756. The molecule has 24 heavy (non-hydrogen) atoms. The highest BCUT2D eigenvalue weighted by Crippen LogP contribution is 2.35. The standard InChI is InChI=1S/C16H13Cl2F2NO3/c1-23-8-16(19,20)9-3-4-10(12(18)7-9)13-6-5-11(17)14(21-13)15(22)24-2/h3-7H,8H2,1-2H3. The van der Waals surface area contributed by atoms with Crippen molar-refractivity contribution in [2.75, 3.05) is 20.8 Å². The monoisotopic (exact) mass is 375 g/mol. The molecule has 0 amide bonds. The summed E-state index contributed by atoms with van der Waals surface area (Å²) in [6, 6.07) is 6.76. The van der Waals surface area contributed by atoms with Crippen molar-refractivity contribution in [2.24, 2.45) is 0 Å². The van der Waals surface area contributed by atoms with Crippen molar-refractivity contribution in [3.63, 3.8) is 0 Å². The van der Waals surface area contributed by atoms with Gasteiger partial charge in [-0.15, -0.1) is 0 Å². The molecule has 0 spiro atoms. The number of hydrogen-bond donors (Lipinski definition) is 0. The third kappa shape index (κ3) is 3.83. The molecule has 8 heteroatoms. The van der Waals surface area contributed by atoms with Crippen LogP contribution in [0.1, 0.15) is 16.1 Å². The van der Waals surface area contributed by atoms with Gasteiger partial charge in [0.05, 0.1) is 22.8 Å². The molecule has 0 fully saturated rings. The minimum Gasteiger partial charge on any atom is -0.464 e. The fourth-order valence-corrected chi connectivity index (χ4v) is 2.51. The Labute approximate surface area is 147 Å². The average molecular weight is 376 g/mol. The fourth-order valence-electron chi connectivity index (χ4n) is 2.05. The molecule has 128 valence electrons. The zero-order chi connectivity index (χ0) is 17.9. The summed E-state index contributed by atoms with van der Waals surface area (Å²) in [5.74, 6) is -3.87. The summed E-state index contributed by atoms with van der Waals surface area (Å²) in [7, 11) is 2.39. The Bertz CT molecular complexity index is 769. The molecule has 0 saturated heterocycles. The van der Waals surface area contributed by atoms with Gasteiger partial charge in [-0.25, -0.2) is 9.78 Å². The van der Waals surface area contributed by atoms with Gasteiger partial charge in [-0.1, -0.05) is 35.3 Å². The molecular formula is C16H13Cl2F2NO3. The molecule has 0 bridgehead atoms. The van der Waals surface area contributed by atoms with Gasteiger partial charge in [0.15, 0.2) is 5.69 Å². The second-order valence-electron chi connectivity index (χ2n) is 4.85. The van der Waals surface area contributed by atoms with E-state index in [1.54, 1.807) is 0 Å². The molecule has 1 aromatic carbocycles. The molecule has 0 aliphatic carbocycles. The number of pyridine rings is 1. The zero-order valence-electron chi connectivity index (χ0n) is 12.8. The predicted molar refractivity (Wildman–Crippen MR) is 86.8 cm³/mol. The molecule has 0 N–H and O–H groups in total. The van der Waals surface area contributed by atoms with Crippen molar-refractivity contribution in [1.82, 2.24) is 4.98 Å². The van der Waals surface area contributed by atoms with E-state index in [1.807, 2.05) is 0 Å². The van der Waals surface area contributed by atoms with E-state index in [9.17, 15) is 13.6 Å². The van der Waals surface area contributed by atoms with Gasteiger partial charge in [0.1, 0.15) is 6.61 Å². The highest BCUT2D eigenvalue weighted by Gasteiger charge is 2.32. The summed E-state index contributed by atoms with van der Waals surface area (Å²) in [5.41, 5.74) is 0.337.